The van der Waals surface area contributed by atoms with Gasteiger partial charge >= 0.3 is 0 Å². The van der Waals surface area contributed by atoms with Gasteiger partial charge in [-0.1, -0.05) is 92.8 Å². The van der Waals surface area contributed by atoms with E-state index in [-0.39, 0.29) is 5.41 Å². The highest BCUT2D eigenvalue weighted by molar-refractivity contribution is 5.98. The smallest absolute Gasteiger partial charge is 0.0633 e. The maximum Gasteiger partial charge on any atom is 0.0633 e. The molecule has 0 spiro atoms. The number of rotatable bonds is 8. The van der Waals surface area contributed by atoms with Crippen LogP contribution in [-0.2, 0) is 6.42 Å². The summed E-state index contributed by atoms with van der Waals surface area (Å²) in [5, 5.41) is 0. The predicted octanol–water partition coefficient (Wildman–Crippen LogP) is 8.87. The molecule has 0 heterocycles. The average Bonchev–Trinajstić information content (AvgIpc) is 3.03. The molecule has 2 bridgehead atoms. The summed E-state index contributed by atoms with van der Waals surface area (Å²) in [6, 6.07) is 8.94. The van der Waals surface area contributed by atoms with Crippen LogP contribution in [0.2, 0.25) is 0 Å². The molecule has 0 fully saturated rings. The Balaban J connectivity index is 1.54. The van der Waals surface area contributed by atoms with E-state index in [1.165, 1.54) is 66.5 Å². The van der Waals surface area contributed by atoms with Crippen molar-refractivity contribution in [3.63, 3.8) is 0 Å². The Kier molecular flexibility index (Phi) is 7.13. The normalized spacial score (nSPS) is 27.5. The summed E-state index contributed by atoms with van der Waals surface area (Å²) >= 11 is 0. The Morgan fingerprint density at radius 3 is 2.62 bits per heavy atom. The zero-order chi connectivity index (χ0) is 22.6. The number of nitrogens with zero attached hydrogens (tertiary/aromatic N) is 1. The first-order valence-corrected chi connectivity index (χ1v) is 12.6. The van der Waals surface area contributed by atoms with Crippen LogP contribution in [0.5, 0.6) is 0 Å². The van der Waals surface area contributed by atoms with E-state index in [4.69, 9.17) is 4.99 Å². The highest BCUT2D eigenvalue weighted by Gasteiger charge is 2.44. The summed E-state index contributed by atoms with van der Waals surface area (Å²) < 4.78 is 0. The Bertz CT molecular complexity index is 982. The summed E-state index contributed by atoms with van der Waals surface area (Å²) in [5.74, 6) is 1.03. The Hall–Kier alpha value is -2.41. The lowest BCUT2D eigenvalue weighted by molar-refractivity contribution is 0.379. The van der Waals surface area contributed by atoms with Gasteiger partial charge in [-0.05, 0) is 74.8 Å². The van der Waals surface area contributed by atoms with Crippen LogP contribution in [0.4, 0.5) is 5.69 Å². The van der Waals surface area contributed by atoms with Crippen LogP contribution in [0.15, 0.2) is 89.0 Å². The first kappa shape index (κ1) is 22.8. The maximum atomic E-state index is 5.07. The van der Waals surface area contributed by atoms with Gasteiger partial charge in [0.2, 0.25) is 0 Å². The molecule has 0 aliphatic heterocycles. The van der Waals surface area contributed by atoms with Crippen LogP contribution in [0, 0.1) is 17.3 Å². The second-order valence-electron chi connectivity index (χ2n) is 10.0. The van der Waals surface area contributed by atoms with Crippen LogP contribution < -0.4 is 0 Å². The lowest BCUT2D eigenvalue weighted by atomic mass is 9.58. The molecule has 0 saturated carbocycles. The van der Waals surface area contributed by atoms with Gasteiger partial charge in [0.1, 0.15) is 0 Å². The molecular formula is C31H39N. The fourth-order valence-corrected chi connectivity index (χ4v) is 5.57. The highest BCUT2D eigenvalue weighted by Crippen LogP contribution is 2.54. The third-order valence-corrected chi connectivity index (χ3v) is 7.78. The zero-order valence-electron chi connectivity index (χ0n) is 20.2. The molecule has 0 amide bonds. The topological polar surface area (TPSA) is 12.4 Å². The van der Waals surface area contributed by atoms with Gasteiger partial charge in [-0.15, -0.1) is 0 Å². The molecule has 3 aliphatic carbocycles. The van der Waals surface area contributed by atoms with Crippen molar-refractivity contribution in [3.05, 3.63) is 89.6 Å². The molecule has 1 aromatic carbocycles. The Morgan fingerprint density at radius 2 is 1.88 bits per heavy atom. The summed E-state index contributed by atoms with van der Waals surface area (Å²) in [7, 11) is 0. The summed E-state index contributed by atoms with van der Waals surface area (Å²) in [6.07, 6.45) is 24.0. The molecule has 1 nitrogen and oxygen atoms in total. The molecule has 0 aromatic heterocycles. The van der Waals surface area contributed by atoms with E-state index in [0.717, 1.165) is 18.5 Å². The first-order chi connectivity index (χ1) is 15.5. The van der Waals surface area contributed by atoms with Crippen LogP contribution >= 0.6 is 0 Å². The predicted molar refractivity (Wildman–Crippen MR) is 140 cm³/mol. The third-order valence-electron chi connectivity index (χ3n) is 7.78. The second-order valence-corrected chi connectivity index (χ2v) is 10.0. The third kappa shape index (κ3) is 4.68. The average molecular weight is 426 g/mol. The molecule has 4 rings (SSSR count). The van der Waals surface area contributed by atoms with E-state index < -0.39 is 0 Å². The number of hydrogen-bond acceptors (Lipinski definition) is 1. The van der Waals surface area contributed by atoms with Gasteiger partial charge in [0.25, 0.3) is 0 Å². The number of hydrogen-bond donors (Lipinski definition) is 0. The summed E-state index contributed by atoms with van der Waals surface area (Å²) in [4.78, 5) is 5.07. The molecule has 32 heavy (non-hydrogen) atoms. The van der Waals surface area contributed by atoms with Crippen molar-refractivity contribution >= 4 is 11.4 Å². The van der Waals surface area contributed by atoms with E-state index in [9.17, 15) is 0 Å². The van der Waals surface area contributed by atoms with Gasteiger partial charge in [-0.3, -0.25) is 4.99 Å². The number of benzene rings is 1. The molecule has 168 valence electrons. The molecule has 0 radical (unpaired) electrons. The van der Waals surface area contributed by atoms with Crippen molar-refractivity contribution < 1.29 is 0 Å². The SMILES string of the molecule is C=C(C)C1(C)C2=CC(C=CC=C2)C2CCC(=Nc3ccc(CCCCCCC)cc3)C=C21. The molecule has 1 heteroatoms. The molecule has 0 N–H and O–H groups in total. The Morgan fingerprint density at radius 1 is 1.09 bits per heavy atom. The summed E-state index contributed by atoms with van der Waals surface area (Å²) in [6.45, 7) is 11.2. The minimum Gasteiger partial charge on any atom is -0.253 e. The minimum atomic E-state index is -0.105. The number of aryl methyl sites for hydroxylation is 1. The summed E-state index contributed by atoms with van der Waals surface area (Å²) in [5.41, 5.74) is 7.72. The van der Waals surface area contributed by atoms with E-state index in [0.29, 0.717) is 11.8 Å². The molecule has 3 aliphatic rings. The Labute approximate surface area is 195 Å². The minimum absolute atomic E-state index is 0.105. The van der Waals surface area contributed by atoms with Crippen LogP contribution in [0.25, 0.3) is 0 Å². The fraction of sp³-hybridized carbons (Fsp3) is 0.452. The van der Waals surface area contributed by atoms with Gasteiger partial charge in [0, 0.05) is 17.0 Å². The molecule has 1 aromatic rings. The van der Waals surface area contributed by atoms with Gasteiger partial charge in [-0.25, -0.2) is 0 Å². The fourth-order valence-electron chi connectivity index (χ4n) is 5.57. The van der Waals surface area contributed by atoms with Crippen LogP contribution in [0.3, 0.4) is 0 Å². The first-order valence-electron chi connectivity index (χ1n) is 12.6. The molecule has 3 atom stereocenters. The molecular weight excluding hydrogens is 386 g/mol. The monoisotopic (exact) mass is 425 g/mol. The van der Waals surface area contributed by atoms with E-state index in [1.807, 2.05) is 0 Å². The van der Waals surface area contributed by atoms with Crippen LogP contribution in [-0.4, -0.2) is 5.71 Å². The van der Waals surface area contributed by atoms with Crippen molar-refractivity contribution in [1.29, 1.82) is 0 Å². The number of unbranched alkanes of at least 4 members (excludes halogenated alkanes) is 4. The van der Waals surface area contributed by atoms with E-state index in [1.54, 1.807) is 0 Å². The van der Waals surface area contributed by atoms with Crippen molar-refractivity contribution in [2.24, 2.45) is 22.2 Å². The van der Waals surface area contributed by atoms with Crippen LogP contribution in [0.1, 0.15) is 71.3 Å². The number of aliphatic imine (C=N–C) groups is 1. The lowest BCUT2D eigenvalue weighted by Crippen LogP contribution is -2.36. The van der Waals surface area contributed by atoms with Gasteiger partial charge < -0.3 is 0 Å². The van der Waals surface area contributed by atoms with E-state index >= 15 is 0 Å². The highest BCUT2D eigenvalue weighted by atomic mass is 14.7. The van der Waals surface area contributed by atoms with Gasteiger partial charge in [0.05, 0.1) is 5.69 Å². The van der Waals surface area contributed by atoms with Crippen molar-refractivity contribution in [2.45, 2.75) is 72.1 Å². The van der Waals surface area contributed by atoms with E-state index in [2.05, 4.69) is 88.1 Å². The number of fused-ring (bicyclic) bond motifs is 3. The maximum absolute atomic E-state index is 5.07. The van der Waals surface area contributed by atoms with Gasteiger partial charge in [-0.2, -0.15) is 0 Å². The van der Waals surface area contributed by atoms with Crippen molar-refractivity contribution in [1.82, 2.24) is 0 Å². The van der Waals surface area contributed by atoms with Crippen molar-refractivity contribution in [2.75, 3.05) is 0 Å². The zero-order valence-corrected chi connectivity index (χ0v) is 20.2. The quantitative estimate of drug-likeness (QED) is 0.291. The largest absolute Gasteiger partial charge is 0.253 e. The second kappa shape index (κ2) is 10.0. The standard InChI is InChI=1S/C31H39N/c1-5-6-7-8-9-12-24-15-17-27(18-16-24)32-28-19-20-29-25-13-10-11-14-26(21-25)31(4,23(2)3)30(29)22-28/h10-11,13-18,21-22,25,29H,2,5-9,12,19-20H2,1,3-4H3. The van der Waals surface area contributed by atoms with Gasteiger partial charge in [0.15, 0.2) is 0 Å². The van der Waals surface area contributed by atoms with Crippen molar-refractivity contribution in [3.8, 4) is 0 Å². The molecule has 3 unspecified atom stereocenters. The molecule has 0 saturated heterocycles. The number of allylic oxidation sites excluding steroid dienone is 9. The lowest BCUT2D eigenvalue weighted by Gasteiger charge is -2.46.